The summed E-state index contributed by atoms with van der Waals surface area (Å²) in [6.07, 6.45) is 2.12. The Hall–Kier alpha value is -2.93. The zero-order valence-electron chi connectivity index (χ0n) is 17.5. The lowest BCUT2D eigenvalue weighted by atomic mass is 9.96. The molecule has 2 aliphatic rings. The van der Waals surface area contributed by atoms with E-state index >= 15 is 0 Å². The van der Waals surface area contributed by atoms with Crippen LogP contribution in [0.25, 0.3) is 10.2 Å². The molecule has 0 spiro atoms. The molecule has 2 aromatic carbocycles. The summed E-state index contributed by atoms with van der Waals surface area (Å²) in [6.45, 7) is 1.88. The van der Waals surface area contributed by atoms with Gasteiger partial charge in [-0.3, -0.25) is 9.59 Å². The van der Waals surface area contributed by atoms with Gasteiger partial charge in [0.15, 0.2) is 0 Å². The van der Waals surface area contributed by atoms with Crippen LogP contribution in [0.1, 0.15) is 30.2 Å². The van der Waals surface area contributed by atoms with Gasteiger partial charge in [-0.1, -0.05) is 18.2 Å². The van der Waals surface area contributed by atoms with Gasteiger partial charge in [0, 0.05) is 43.7 Å². The third-order valence-corrected chi connectivity index (χ3v) is 7.50. The van der Waals surface area contributed by atoms with Crippen LogP contribution in [0.4, 0.5) is 5.69 Å². The topological polar surface area (TPSA) is 62.7 Å². The van der Waals surface area contributed by atoms with Crippen LogP contribution in [0, 0.1) is 5.92 Å². The number of rotatable bonds is 4. The normalized spacial score (nSPS) is 19.9. The molecule has 2 saturated heterocycles. The van der Waals surface area contributed by atoms with E-state index in [1.807, 2.05) is 41.3 Å². The van der Waals surface area contributed by atoms with Gasteiger partial charge >= 0.3 is 0 Å². The maximum Gasteiger partial charge on any atom is 0.228 e. The van der Waals surface area contributed by atoms with Crippen LogP contribution >= 0.6 is 11.3 Å². The van der Waals surface area contributed by atoms with E-state index in [0.29, 0.717) is 18.2 Å². The Labute approximate surface area is 185 Å². The first-order valence-electron chi connectivity index (χ1n) is 10.7. The van der Waals surface area contributed by atoms with Crippen LogP contribution in [0.3, 0.4) is 0 Å². The van der Waals surface area contributed by atoms with Gasteiger partial charge in [-0.2, -0.15) is 0 Å². The fourth-order valence-corrected chi connectivity index (χ4v) is 5.71. The van der Waals surface area contributed by atoms with E-state index in [0.717, 1.165) is 37.1 Å². The van der Waals surface area contributed by atoms with Gasteiger partial charge in [0.05, 0.1) is 28.3 Å². The Morgan fingerprint density at radius 1 is 1.13 bits per heavy atom. The minimum Gasteiger partial charge on any atom is -0.497 e. The molecule has 0 saturated carbocycles. The van der Waals surface area contributed by atoms with Gasteiger partial charge in [-0.15, -0.1) is 11.3 Å². The van der Waals surface area contributed by atoms with Crippen molar-refractivity contribution in [2.45, 2.75) is 25.2 Å². The number of fused-ring (bicyclic) bond motifs is 1. The van der Waals surface area contributed by atoms with Gasteiger partial charge in [0.2, 0.25) is 11.8 Å². The number of carbonyl (C=O) groups is 2. The number of anilines is 1. The Kier molecular flexibility index (Phi) is 5.36. The van der Waals surface area contributed by atoms with Crippen molar-refractivity contribution in [3.8, 4) is 5.75 Å². The molecule has 2 aliphatic heterocycles. The zero-order chi connectivity index (χ0) is 21.4. The average Bonchev–Trinajstić information content (AvgIpc) is 3.42. The summed E-state index contributed by atoms with van der Waals surface area (Å²) < 4.78 is 6.49. The number of hydrogen-bond acceptors (Lipinski definition) is 5. The monoisotopic (exact) mass is 435 g/mol. The number of likely N-dealkylation sites (tertiary alicyclic amines) is 1. The van der Waals surface area contributed by atoms with Crippen LogP contribution in [0.15, 0.2) is 48.5 Å². The smallest absolute Gasteiger partial charge is 0.228 e. The van der Waals surface area contributed by atoms with Crippen molar-refractivity contribution in [1.29, 1.82) is 0 Å². The molecule has 5 rings (SSSR count). The molecule has 0 radical (unpaired) electrons. The summed E-state index contributed by atoms with van der Waals surface area (Å²) in [5.74, 6) is 0.923. The number of amides is 2. The highest BCUT2D eigenvalue weighted by atomic mass is 32.1. The van der Waals surface area contributed by atoms with E-state index in [4.69, 9.17) is 9.72 Å². The Morgan fingerprint density at radius 3 is 2.71 bits per heavy atom. The second-order valence-corrected chi connectivity index (χ2v) is 9.29. The maximum absolute atomic E-state index is 13.1. The van der Waals surface area contributed by atoms with Crippen LogP contribution in [-0.2, 0) is 9.59 Å². The number of methoxy groups -OCH3 is 1. The van der Waals surface area contributed by atoms with Gasteiger partial charge < -0.3 is 14.5 Å². The lowest BCUT2D eigenvalue weighted by Crippen LogP contribution is -2.42. The van der Waals surface area contributed by atoms with Gasteiger partial charge in [0.1, 0.15) is 5.75 Å². The molecule has 7 heteroatoms. The molecule has 3 heterocycles. The van der Waals surface area contributed by atoms with Gasteiger partial charge in [-0.05, 0) is 37.1 Å². The Balaban J connectivity index is 1.22. The van der Waals surface area contributed by atoms with Gasteiger partial charge in [-0.25, -0.2) is 4.98 Å². The molecular weight excluding hydrogens is 410 g/mol. The largest absolute Gasteiger partial charge is 0.497 e. The SMILES string of the molecule is COc1cccc(N2C[C@H](C(=O)N3CCC(c4nc5ccccc5s4)CC3)CC2=O)c1. The predicted molar refractivity (Wildman–Crippen MR) is 122 cm³/mol. The van der Waals surface area contributed by atoms with Crippen LogP contribution < -0.4 is 9.64 Å². The first kappa shape index (κ1) is 20.0. The molecule has 160 valence electrons. The third-order valence-electron chi connectivity index (χ3n) is 6.31. The maximum atomic E-state index is 13.1. The Morgan fingerprint density at radius 2 is 1.94 bits per heavy atom. The minimum absolute atomic E-state index is 0.00374. The average molecular weight is 436 g/mol. The van der Waals surface area contributed by atoms with E-state index in [2.05, 4.69) is 12.1 Å². The fourth-order valence-electron chi connectivity index (χ4n) is 4.57. The molecule has 0 aliphatic carbocycles. The lowest BCUT2D eigenvalue weighted by Gasteiger charge is -2.32. The minimum atomic E-state index is -0.280. The third kappa shape index (κ3) is 3.90. The first-order chi connectivity index (χ1) is 15.1. The molecule has 0 bridgehead atoms. The highest BCUT2D eigenvalue weighted by Gasteiger charge is 2.38. The second kappa shape index (κ2) is 8.30. The zero-order valence-corrected chi connectivity index (χ0v) is 18.3. The van der Waals surface area contributed by atoms with Crippen molar-refractivity contribution >= 4 is 39.1 Å². The molecule has 2 fully saturated rings. The standard InChI is InChI=1S/C24H25N3O3S/c1-30-19-6-4-5-18(14-19)27-15-17(13-22(27)28)24(29)26-11-9-16(10-12-26)23-25-20-7-2-3-8-21(20)31-23/h2-8,14,16-17H,9-13,15H2,1H3/t17-/m1/s1. The lowest BCUT2D eigenvalue weighted by molar-refractivity contribution is -0.136. The number of benzene rings is 2. The molecule has 0 N–H and O–H groups in total. The van der Waals surface area contributed by atoms with Crippen LogP contribution in [0.2, 0.25) is 0 Å². The number of piperidine rings is 1. The summed E-state index contributed by atoms with van der Waals surface area (Å²) in [7, 11) is 1.61. The molecule has 3 aromatic rings. The summed E-state index contributed by atoms with van der Waals surface area (Å²) in [4.78, 5) is 34.2. The van der Waals surface area contributed by atoms with Gasteiger partial charge in [0.25, 0.3) is 0 Å². The Bertz CT molecular complexity index is 1090. The summed E-state index contributed by atoms with van der Waals surface area (Å²) in [5.41, 5.74) is 1.84. The molecule has 31 heavy (non-hydrogen) atoms. The molecule has 2 amide bonds. The number of ether oxygens (including phenoxy) is 1. The van der Waals surface area contributed by atoms with Crippen LogP contribution in [-0.4, -0.2) is 48.4 Å². The van der Waals surface area contributed by atoms with E-state index in [1.165, 1.54) is 9.71 Å². The predicted octanol–water partition coefficient (Wildman–Crippen LogP) is 4.06. The van der Waals surface area contributed by atoms with Crippen molar-refractivity contribution in [1.82, 2.24) is 9.88 Å². The highest BCUT2D eigenvalue weighted by Crippen LogP contribution is 2.35. The number of para-hydroxylation sites is 1. The van der Waals surface area contributed by atoms with E-state index in [9.17, 15) is 9.59 Å². The molecule has 6 nitrogen and oxygen atoms in total. The number of aromatic nitrogens is 1. The van der Waals surface area contributed by atoms with Crippen molar-refractivity contribution in [2.75, 3.05) is 31.6 Å². The number of nitrogens with zero attached hydrogens (tertiary/aromatic N) is 3. The first-order valence-corrected chi connectivity index (χ1v) is 11.5. The van der Waals surface area contributed by atoms with Crippen molar-refractivity contribution < 1.29 is 14.3 Å². The van der Waals surface area contributed by atoms with E-state index < -0.39 is 0 Å². The van der Waals surface area contributed by atoms with Crippen molar-refractivity contribution in [3.63, 3.8) is 0 Å². The summed E-state index contributed by atoms with van der Waals surface area (Å²) >= 11 is 1.76. The molecule has 0 unspecified atom stereocenters. The van der Waals surface area contributed by atoms with Crippen molar-refractivity contribution in [3.05, 3.63) is 53.5 Å². The molecule has 1 aromatic heterocycles. The highest BCUT2D eigenvalue weighted by molar-refractivity contribution is 7.18. The van der Waals surface area contributed by atoms with E-state index in [-0.39, 0.29) is 24.2 Å². The summed E-state index contributed by atoms with van der Waals surface area (Å²) in [5, 5.41) is 1.17. The van der Waals surface area contributed by atoms with Crippen molar-refractivity contribution in [2.24, 2.45) is 5.92 Å². The molecular formula is C24H25N3O3S. The molecule has 1 atom stereocenters. The number of hydrogen-bond donors (Lipinski definition) is 0. The van der Waals surface area contributed by atoms with E-state index in [1.54, 1.807) is 23.3 Å². The quantitative estimate of drug-likeness (QED) is 0.620. The fraction of sp³-hybridized carbons (Fsp3) is 0.375. The summed E-state index contributed by atoms with van der Waals surface area (Å²) in [6, 6.07) is 15.7. The number of thiazole rings is 1. The van der Waals surface area contributed by atoms with Crippen LogP contribution in [0.5, 0.6) is 5.75 Å². The number of carbonyl (C=O) groups excluding carboxylic acids is 2. The second-order valence-electron chi connectivity index (χ2n) is 8.23.